The van der Waals surface area contributed by atoms with Gasteiger partial charge >= 0.3 is 6.09 Å². The van der Waals surface area contributed by atoms with Crippen molar-refractivity contribution in [3.05, 3.63) is 53.7 Å². The number of aromatic nitrogens is 2. The number of amides is 1. The van der Waals surface area contributed by atoms with E-state index in [2.05, 4.69) is 61.7 Å². The lowest BCUT2D eigenvalue weighted by Gasteiger charge is -2.42. The van der Waals surface area contributed by atoms with E-state index in [1.807, 2.05) is 0 Å². The predicted octanol–water partition coefficient (Wildman–Crippen LogP) is 8.31. The van der Waals surface area contributed by atoms with E-state index in [1.165, 1.54) is 13.2 Å². The highest BCUT2D eigenvalue weighted by Crippen LogP contribution is 2.44. The van der Waals surface area contributed by atoms with E-state index < -0.39 is 20.2 Å². The second-order valence-electron chi connectivity index (χ2n) is 10.5. The van der Waals surface area contributed by atoms with Crippen molar-refractivity contribution in [2.24, 2.45) is 9.98 Å². The highest BCUT2D eigenvalue weighted by molar-refractivity contribution is 8.15. The summed E-state index contributed by atoms with van der Waals surface area (Å²) in [5, 5.41) is 13.4. The third kappa shape index (κ3) is 7.04. The van der Waals surface area contributed by atoms with Crippen LogP contribution in [-0.2, 0) is 0 Å². The van der Waals surface area contributed by atoms with E-state index in [0.29, 0.717) is 28.7 Å². The molecule has 0 aliphatic heterocycles. The molecule has 1 N–H and O–H groups in total. The number of nitrogens with zero attached hydrogens (tertiary/aromatic N) is 4. The first-order valence-electron chi connectivity index (χ1n) is 13.3. The Kier molecular flexibility index (Phi) is 10.5. The molecule has 0 saturated carbocycles. The van der Waals surface area contributed by atoms with Crippen molar-refractivity contribution in [2.45, 2.75) is 65.1 Å². The van der Waals surface area contributed by atoms with Crippen LogP contribution in [0.15, 0.2) is 50.9 Å². The van der Waals surface area contributed by atoms with Gasteiger partial charge in [-0.3, -0.25) is 0 Å². The number of thioether (sulfide) groups is 1. The Morgan fingerprint density at radius 1 is 1.07 bits per heavy atom. The lowest BCUT2D eigenvalue weighted by Crippen LogP contribution is -2.51. The monoisotopic (exact) mass is 600 g/mol. The summed E-state index contributed by atoms with van der Waals surface area (Å²) in [6.45, 7) is 14.4. The number of hydrogen-bond donors (Lipinski definition) is 1. The zero-order valence-corrected chi connectivity index (χ0v) is 26.7. The number of aliphatic imine (C=N–C) groups is 2. The summed E-state index contributed by atoms with van der Waals surface area (Å²) in [5.74, 6) is 0.596. The van der Waals surface area contributed by atoms with Gasteiger partial charge in [0.15, 0.2) is 5.82 Å². The molecule has 1 aromatic heterocycles. The minimum Gasteiger partial charge on any atom is -0.541 e. The van der Waals surface area contributed by atoms with Crippen LogP contribution >= 0.6 is 11.8 Å². The number of carbonyl (C=O) groups is 1. The van der Waals surface area contributed by atoms with Crippen molar-refractivity contribution in [3.8, 4) is 22.9 Å². The molecule has 220 valence electrons. The number of ether oxygens (including phenoxy) is 1. The topological polar surface area (TPSA) is 119 Å². The molecule has 0 aliphatic rings. The SMILES string of the molecule is COc1cc(O[Si](C(C)C)(C(C)C)C(C)C)c(F)c(C(=Nc2ccc(-c3noc(C)n3)cc2)C(=NC(=O)O)SC)c1. The summed E-state index contributed by atoms with van der Waals surface area (Å²) >= 11 is 1.05. The molecule has 0 unspecified atom stereocenters. The van der Waals surface area contributed by atoms with E-state index >= 15 is 4.39 Å². The number of benzene rings is 2. The molecule has 2 aromatic carbocycles. The molecule has 0 atom stereocenters. The normalized spacial score (nSPS) is 12.9. The molecule has 0 spiro atoms. The predicted molar refractivity (Wildman–Crippen MR) is 164 cm³/mol. The van der Waals surface area contributed by atoms with Crippen LogP contribution in [0.4, 0.5) is 14.9 Å². The third-order valence-electron chi connectivity index (χ3n) is 6.98. The Morgan fingerprint density at radius 2 is 1.68 bits per heavy atom. The van der Waals surface area contributed by atoms with Gasteiger partial charge in [0.25, 0.3) is 8.32 Å². The van der Waals surface area contributed by atoms with Gasteiger partial charge in [-0.15, -0.1) is 11.8 Å². The molecule has 0 aliphatic carbocycles. The van der Waals surface area contributed by atoms with Crippen molar-refractivity contribution in [1.29, 1.82) is 0 Å². The maximum atomic E-state index is 16.5. The number of methoxy groups -OCH3 is 1. The van der Waals surface area contributed by atoms with Gasteiger partial charge in [0.2, 0.25) is 11.7 Å². The maximum absolute atomic E-state index is 16.5. The van der Waals surface area contributed by atoms with Gasteiger partial charge in [0, 0.05) is 24.1 Å². The van der Waals surface area contributed by atoms with E-state index in [4.69, 9.17) is 13.7 Å². The molecule has 9 nitrogen and oxygen atoms in total. The molecular formula is C29H37FN4O5SSi. The van der Waals surface area contributed by atoms with Gasteiger partial charge < -0.3 is 18.8 Å². The summed E-state index contributed by atoms with van der Waals surface area (Å²) in [6, 6.07) is 9.91. The summed E-state index contributed by atoms with van der Waals surface area (Å²) in [4.78, 5) is 24.2. The Morgan fingerprint density at radius 3 is 2.15 bits per heavy atom. The highest BCUT2D eigenvalue weighted by Gasteiger charge is 2.47. The largest absolute Gasteiger partial charge is 0.541 e. The summed E-state index contributed by atoms with van der Waals surface area (Å²) < 4.78 is 33.8. The average molecular weight is 601 g/mol. The van der Waals surface area contributed by atoms with Crippen LogP contribution in [0.5, 0.6) is 11.5 Å². The molecule has 0 bridgehead atoms. The lowest BCUT2D eigenvalue weighted by atomic mass is 10.1. The fourth-order valence-electron chi connectivity index (χ4n) is 5.22. The van der Waals surface area contributed by atoms with Crippen LogP contribution in [0.2, 0.25) is 16.6 Å². The van der Waals surface area contributed by atoms with Gasteiger partial charge in [-0.05, 0) is 53.2 Å². The van der Waals surface area contributed by atoms with Gasteiger partial charge in [-0.25, -0.2) is 14.2 Å². The third-order valence-corrected chi connectivity index (χ3v) is 13.6. The molecule has 3 aromatic rings. The average Bonchev–Trinajstić information content (AvgIpc) is 3.35. The van der Waals surface area contributed by atoms with Crippen LogP contribution < -0.4 is 9.16 Å². The van der Waals surface area contributed by atoms with Gasteiger partial charge in [0.1, 0.15) is 22.3 Å². The quantitative estimate of drug-likeness (QED) is 0.140. The fraction of sp³-hybridized carbons (Fsp3) is 0.414. The molecule has 3 rings (SSSR count). The summed E-state index contributed by atoms with van der Waals surface area (Å²) in [5.41, 5.74) is 1.79. The maximum Gasteiger partial charge on any atom is 0.432 e. The molecule has 0 radical (unpaired) electrons. The first-order valence-corrected chi connectivity index (χ1v) is 16.6. The van der Waals surface area contributed by atoms with Crippen molar-refractivity contribution in [2.75, 3.05) is 13.4 Å². The van der Waals surface area contributed by atoms with E-state index in [1.54, 1.807) is 43.5 Å². The van der Waals surface area contributed by atoms with Crippen molar-refractivity contribution < 1.29 is 28.0 Å². The number of carboxylic acid groups (broad SMARTS) is 1. The van der Waals surface area contributed by atoms with Crippen LogP contribution in [0, 0.1) is 12.7 Å². The molecule has 0 fully saturated rings. The molecule has 41 heavy (non-hydrogen) atoms. The highest BCUT2D eigenvalue weighted by atomic mass is 32.2. The minimum absolute atomic E-state index is 0.0192. The van der Waals surface area contributed by atoms with Gasteiger partial charge in [-0.2, -0.15) is 9.98 Å². The second-order valence-corrected chi connectivity index (χ2v) is 16.6. The number of rotatable bonds is 10. The van der Waals surface area contributed by atoms with Gasteiger partial charge in [-0.1, -0.05) is 46.7 Å². The first-order chi connectivity index (χ1) is 19.3. The fourth-order valence-corrected chi connectivity index (χ4v) is 11.0. The van der Waals surface area contributed by atoms with Crippen molar-refractivity contribution in [1.82, 2.24) is 10.1 Å². The van der Waals surface area contributed by atoms with Crippen LogP contribution in [0.3, 0.4) is 0 Å². The molecule has 12 heteroatoms. The van der Waals surface area contributed by atoms with E-state index in [0.717, 1.165) is 11.8 Å². The second kappa shape index (κ2) is 13.4. The first kappa shape index (κ1) is 32.0. The Labute approximate surface area is 245 Å². The minimum atomic E-state index is -2.55. The van der Waals surface area contributed by atoms with Crippen molar-refractivity contribution >= 4 is 42.6 Å². The molecule has 1 amide bonds. The summed E-state index contributed by atoms with van der Waals surface area (Å²) in [6.07, 6.45) is 0.235. The standard InChI is InChI=1S/C29H37FN4O5SSi/c1-16(2)41(17(3)4,18(5)6)39-24-15-22(37-8)14-23(25(24)30)26(28(40-9)33-29(35)36)32-21-12-10-20(11-13-21)27-31-19(7)38-34-27/h10-18H,1-9H3,(H,35,36). The van der Waals surface area contributed by atoms with Crippen molar-refractivity contribution in [3.63, 3.8) is 0 Å². The summed E-state index contributed by atoms with van der Waals surface area (Å²) in [7, 11) is -1.07. The van der Waals surface area contributed by atoms with E-state index in [-0.39, 0.29) is 38.7 Å². The lowest BCUT2D eigenvalue weighted by molar-refractivity contribution is 0.206. The Bertz CT molecular complexity index is 1420. The van der Waals surface area contributed by atoms with Gasteiger partial charge in [0.05, 0.1) is 12.8 Å². The zero-order chi connectivity index (χ0) is 30.5. The molecule has 0 saturated heterocycles. The number of hydrogen-bond acceptors (Lipinski definition) is 8. The Hall–Kier alpha value is -3.51. The number of aryl methyl sites for hydroxylation is 1. The van der Waals surface area contributed by atoms with Crippen LogP contribution in [-0.4, -0.2) is 53.8 Å². The van der Waals surface area contributed by atoms with E-state index in [9.17, 15) is 9.90 Å². The smallest absolute Gasteiger partial charge is 0.432 e. The number of halogens is 1. The van der Waals surface area contributed by atoms with Crippen LogP contribution in [0.25, 0.3) is 11.4 Å². The zero-order valence-electron chi connectivity index (χ0n) is 24.9. The molecule has 1 heterocycles. The molecular weight excluding hydrogens is 563 g/mol. The Balaban J connectivity index is 2.24. The van der Waals surface area contributed by atoms with Crippen LogP contribution in [0.1, 0.15) is 53.0 Å².